The number of amides is 3. The van der Waals surface area contributed by atoms with E-state index < -0.39 is 29.2 Å². The molecule has 4 rings (SSSR count). The van der Waals surface area contributed by atoms with E-state index in [-0.39, 0.29) is 42.3 Å². The third kappa shape index (κ3) is 5.58. The summed E-state index contributed by atoms with van der Waals surface area (Å²) in [6, 6.07) is 14.8. The average molecular weight is 481 g/mol. The van der Waals surface area contributed by atoms with Crippen molar-refractivity contribution < 1.29 is 28.2 Å². The topological polar surface area (TPSA) is 90.9 Å². The number of nitrogens with zero attached hydrogens (tertiary/aromatic N) is 1. The minimum atomic E-state index is -1.13. The predicted octanol–water partition coefficient (Wildman–Crippen LogP) is 4.60. The highest BCUT2D eigenvalue weighted by Crippen LogP contribution is 2.33. The second-order valence-electron chi connectivity index (χ2n) is 8.84. The first-order valence-electron chi connectivity index (χ1n) is 11.0. The first-order chi connectivity index (χ1) is 16.6. The minimum absolute atomic E-state index is 0.00881. The summed E-state index contributed by atoms with van der Waals surface area (Å²) in [6.45, 7) is 2.92. The van der Waals surface area contributed by atoms with Crippen molar-refractivity contribution >= 4 is 23.3 Å². The van der Waals surface area contributed by atoms with Gasteiger partial charge in [0.25, 0.3) is 5.91 Å². The van der Waals surface area contributed by atoms with E-state index in [1.54, 1.807) is 26.0 Å². The molecule has 7 nitrogen and oxygen atoms in total. The fourth-order valence-electron chi connectivity index (χ4n) is 3.63. The molecule has 0 aliphatic carbocycles. The Labute approximate surface area is 201 Å². The van der Waals surface area contributed by atoms with Crippen molar-refractivity contribution in [2.24, 2.45) is 0 Å². The number of carbonyl (C=O) groups excluding carboxylic acids is 2. The molecule has 0 aromatic heterocycles. The maximum atomic E-state index is 14.0. The number of hydrogen-bond acceptors (Lipinski definition) is 4. The number of para-hydroxylation sites is 1. The van der Waals surface area contributed by atoms with Gasteiger partial charge in [0, 0.05) is 18.3 Å². The third-order valence-corrected chi connectivity index (χ3v) is 5.46. The van der Waals surface area contributed by atoms with Gasteiger partial charge in [-0.05, 0) is 49.7 Å². The van der Waals surface area contributed by atoms with Crippen LogP contribution in [0, 0.1) is 11.6 Å². The molecule has 35 heavy (non-hydrogen) atoms. The van der Waals surface area contributed by atoms with Crippen molar-refractivity contribution in [3.63, 3.8) is 0 Å². The van der Waals surface area contributed by atoms with E-state index in [0.29, 0.717) is 5.69 Å². The SMILES string of the molecule is CC(C)(O)CNC(=O)c1ccc(OCc2c(F)cccc2F)cc1N1Cc2ccccc2NC1=O. The summed E-state index contributed by atoms with van der Waals surface area (Å²) >= 11 is 0. The fourth-order valence-corrected chi connectivity index (χ4v) is 3.63. The van der Waals surface area contributed by atoms with Crippen LogP contribution in [-0.4, -0.2) is 29.2 Å². The van der Waals surface area contributed by atoms with Crippen LogP contribution in [0.4, 0.5) is 25.0 Å². The normalized spacial score (nSPS) is 13.2. The number of fused-ring (bicyclic) bond motifs is 1. The lowest BCUT2D eigenvalue weighted by atomic mass is 10.1. The number of hydrogen-bond donors (Lipinski definition) is 3. The van der Waals surface area contributed by atoms with Gasteiger partial charge in [0.15, 0.2) is 0 Å². The maximum absolute atomic E-state index is 14.0. The van der Waals surface area contributed by atoms with Gasteiger partial charge in [0.05, 0.1) is 29.0 Å². The molecule has 0 spiro atoms. The number of anilines is 2. The molecule has 182 valence electrons. The number of nitrogens with one attached hydrogen (secondary N) is 2. The molecule has 0 saturated heterocycles. The summed E-state index contributed by atoms with van der Waals surface area (Å²) in [5.41, 5.74) is 0.569. The monoisotopic (exact) mass is 481 g/mol. The highest BCUT2D eigenvalue weighted by molar-refractivity contribution is 6.09. The number of urea groups is 1. The molecule has 0 radical (unpaired) electrons. The van der Waals surface area contributed by atoms with Crippen molar-refractivity contribution in [2.45, 2.75) is 32.6 Å². The van der Waals surface area contributed by atoms with Crippen LogP contribution in [0.1, 0.15) is 35.3 Å². The predicted molar refractivity (Wildman–Crippen MR) is 127 cm³/mol. The first-order valence-corrected chi connectivity index (χ1v) is 11.0. The van der Waals surface area contributed by atoms with Crippen LogP contribution >= 0.6 is 0 Å². The molecule has 9 heteroatoms. The number of aliphatic hydroxyl groups is 1. The molecule has 3 aromatic carbocycles. The Hall–Kier alpha value is -3.98. The Kier molecular flexibility index (Phi) is 6.70. The lowest BCUT2D eigenvalue weighted by Crippen LogP contribution is -2.41. The highest BCUT2D eigenvalue weighted by Gasteiger charge is 2.28. The molecular formula is C26H25F2N3O4. The molecule has 0 atom stereocenters. The number of ether oxygens (including phenoxy) is 1. The van der Waals surface area contributed by atoms with Crippen LogP contribution in [0.25, 0.3) is 0 Å². The van der Waals surface area contributed by atoms with Gasteiger partial charge in [0.1, 0.15) is 24.0 Å². The second-order valence-corrected chi connectivity index (χ2v) is 8.84. The van der Waals surface area contributed by atoms with Crippen molar-refractivity contribution in [1.29, 1.82) is 0 Å². The summed E-state index contributed by atoms with van der Waals surface area (Å²) < 4.78 is 33.7. The molecule has 3 N–H and O–H groups in total. The summed E-state index contributed by atoms with van der Waals surface area (Å²) in [7, 11) is 0. The maximum Gasteiger partial charge on any atom is 0.326 e. The zero-order valence-electron chi connectivity index (χ0n) is 19.3. The van der Waals surface area contributed by atoms with E-state index in [1.165, 1.54) is 29.2 Å². The van der Waals surface area contributed by atoms with Gasteiger partial charge in [-0.3, -0.25) is 9.69 Å². The van der Waals surface area contributed by atoms with Crippen molar-refractivity contribution in [1.82, 2.24) is 5.32 Å². The van der Waals surface area contributed by atoms with Gasteiger partial charge in [-0.15, -0.1) is 0 Å². The Morgan fingerprint density at radius 1 is 1.11 bits per heavy atom. The van der Waals surface area contributed by atoms with Gasteiger partial charge in [-0.2, -0.15) is 0 Å². The minimum Gasteiger partial charge on any atom is -0.489 e. The molecule has 3 amide bonds. The lowest BCUT2D eigenvalue weighted by molar-refractivity contribution is 0.0694. The Balaban J connectivity index is 1.67. The second kappa shape index (κ2) is 9.71. The van der Waals surface area contributed by atoms with Gasteiger partial charge >= 0.3 is 6.03 Å². The molecule has 3 aromatic rings. The van der Waals surface area contributed by atoms with Gasteiger partial charge < -0.3 is 20.5 Å². The van der Waals surface area contributed by atoms with Crippen molar-refractivity contribution in [3.8, 4) is 5.75 Å². The van der Waals surface area contributed by atoms with Gasteiger partial charge in [0.2, 0.25) is 0 Å². The van der Waals surface area contributed by atoms with Crippen LogP contribution in [0.15, 0.2) is 60.7 Å². The molecule has 1 heterocycles. The Bertz CT molecular complexity index is 1250. The standard InChI is InChI=1S/C26H25F2N3O4/c1-26(2,34)15-29-24(32)18-11-10-17(35-14-19-20(27)7-5-8-21(19)28)12-23(18)31-13-16-6-3-4-9-22(16)30-25(31)33/h3-12,34H,13-15H2,1-2H3,(H,29,32)(H,30,33). The van der Waals surface area contributed by atoms with E-state index in [2.05, 4.69) is 10.6 Å². The lowest BCUT2D eigenvalue weighted by Gasteiger charge is -2.31. The summed E-state index contributed by atoms with van der Waals surface area (Å²) in [5, 5.41) is 15.4. The van der Waals surface area contributed by atoms with E-state index in [4.69, 9.17) is 4.74 Å². The first kappa shape index (κ1) is 24.2. The zero-order chi connectivity index (χ0) is 25.2. The largest absolute Gasteiger partial charge is 0.489 e. The summed E-state index contributed by atoms with van der Waals surface area (Å²) in [4.78, 5) is 27.3. The van der Waals surface area contributed by atoms with Gasteiger partial charge in [-0.25, -0.2) is 13.6 Å². The fraction of sp³-hybridized carbons (Fsp3) is 0.231. The van der Waals surface area contributed by atoms with E-state index in [0.717, 1.165) is 17.7 Å². The summed E-state index contributed by atoms with van der Waals surface area (Å²) in [5.74, 6) is -1.76. The smallest absolute Gasteiger partial charge is 0.326 e. The van der Waals surface area contributed by atoms with E-state index >= 15 is 0 Å². The quantitative estimate of drug-likeness (QED) is 0.460. The molecule has 0 unspecified atom stereocenters. The number of halogens is 2. The number of rotatable bonds is 7. The molecule has 0 saturated carbocycles. The highest BCUT2D eigenvalue weighted by atomic mass is 19.1. The van der Waals surface area contributed by atoms with Crippen LogP contribution in [0.5, 0.6) is 5.75 Å². The zero-order valence-corrected chi connectivity index (χ0v) is 19.3. The van der Waals surface area contributed by atoms with Gasteiger partial charge in [-0.1, -0.05) is 24.3 Å². The third-order valence-electron chi connectivity index (χ3n) is 5.46. The van der Waals surface area contributed by atoms with Crippen LogP contribution in [-0.2, 0) is 13.2 Å². The Morgan fingerprint density at radius 3 is 2.54 bits per heavy atom. The molecule has 0 bridgehead atoms. The van der Waals surface area contributed by atoms with Crippen molar-refractivity contribution in [3.05, 3.63) is 89.0 Å². The number of benzene rings is 3. The summed E-state index contributed by atoms with van der Waals surface area (Å²) in [6.07, 6.45) is 0. The number of carbonyl (C=O) groups is 2. The Morgan fingerprint density at radius 2 is 1.83 bits per heavy atom. The average Bonchev–Trinajstić information content (AvgIpc) is 2.81. The molecule has 1 aliphatic rings. The van der Waals surface area contributed by atoms with E-state index in [9.17, 15) is 23.5 Å². The van der Waals surface area contributed by atoms with Crippen LogP contribution < -0.4 is 20.3 Å². The van der Waals surface area contributed by atoms with E-state index in [1.807, 2.05) is 12.1 Å². The molecule has 1 aliphatic heterocycles. The molecular weight excluding hydrogens is 456 g/mol. The van der Waals surface area contributed by atoms with Crippen molar-refractivity contribution in [2.75, 3.05) is 16.8 Å². The van der Waals surface area contributed by atoms with Crippen LogP contribution in [0.3, 0.4) is 0 Å². The molecule has 0 fully saturated rings. The van der Waals surface area contributed by atoms with Crippen LogP contribution in [0.2, 0.25) is 0 Å².